The Morgan fingerprint density at radius 2 is 1.47 bits per heavy atom. The largest absolute Gasteiger partial charge is 0.508 e. The van der Waals surface area contributed by atoms with Crippen molar-refractivity contribution in [2.45, 2.75) is 0 Å². The van der Waals surface area contributed by atoms with Gasteiger partial charge in [-0.3, -0.25) is 4.79 Å². The smallest absolute Gasteiger partial charge is 0.328 e. The van der Waals surface area contributed by atoms with Gasteiger partial charge in [-0.05, 0) is 29.8 Å². The fourth-order valence-corrected chi connectivity index (χ4v) is 2.54. The van der Waals surface area contributed by atoms with Crippen LogP contribution in [0.15, 0.2) is 48.6 Å². The third-order valence-electron chi connectivity index (χ3n) is 3.88. The molecule has 1 aliphatic heterocycles. The summed E-state index contributed by atoms with van der Waals surface area (Å²) in [6.07, 6.45) is 2.89. The minimum Gasteiger partial charge on any atom is -0.508 e. The minimum atomic E-state index is -1.26. The molecule has 0 aliphatic carbocycles. The van der Waals surface area contributed by atoms with E-state index in [1.807, 2.05) is 0 Å². The van der Waals surface area contributed by atoms with Gasteiger partial charge in [-0.1, -0.05) is 12.1 Å². The number of ether oxygens (including phenoxy) is 2. The molecule has 9 heteroatoms. The van der Waals surface area contributed by atoms with E-state index in [0.29, 0.717) is 34.9 Å². The van der Waals surface area contributed by atoms with Crippen molar-refractivity contribution >= 4 is 35.2 Å². The lowest BCUT2D eigenvalue weighted by molar-refractivity contribution is -0.134. The van der Waals surface area contributed by atoms with Crippen LogP contribution in [0.5, 0.6) is 17.2 Å². The van der Waals surface area contributed by atoms with Crippen molar-refractivity contribution < 1.29 is 39.2 Å². The number of amides is 1. The molecule has 1 heterocycles. The van der Waals surface area contributed by atoms with Gasteiger partial charge in [-0.25, -0.2) is 9.59 Å². The Bertz CT molecular complexity index is 1010. The summed E-state index contributed by atoms with van der Waals surface area (Å²) < 4.78 is 10.5. The van der Waals surface area contributed by atoms with Gasteiger partial charge in [-0.2, -0.15) is 0 Å². The van der Waals surface area contributed by atoms with E-state index >= 15 is 0 Å². The number of aromatic hydroxyl groups is 1. The number of phenolic OH excluding ortho intramolecular Hbond substituents is 1. The highest BCUT2D eigenvalue weighted by molar-refractivity contribution is 6.35. The van der Waals surface area contributed by atoms with Crippen LogP contribution in [0.3, 0.4) is 0 Å². The molecule has 2 aromatic rings. The van der Waals surface area contributed by atoms with Crippen LogP contribution >= 0.6 is 0 Å². The predicted octanol–water partition coefficient (Wildman–Crippen LogP) is 2.61. The van der Waals surface area contributed by atoms with Crippen LogP contribution in [0.1, 0.15) is 11.1 Å². The Labute approximate surface area is 171 Å². The molecular formula is C21H19NO8. The van der Waals surface area contributed by atoms with Gasteiger partial charge in [0, 0.05) is 29.4 Å². The van der Waals surface area contributed by atoms with Crippen LogP contribution in [0.25, 0.3) is 11.6 Å². The molecule has 0 saturated carbocycles. The van der Waals surface area contributed by atoms with Gasteiger partial charge in [0.05, 0.1) is 19.9 Å². The van der Waals surface area contributed by atoms with Crippen molar-refractivity contribution in [3.05, 3.63) is 59.7 Å². The van der Waals surface area contributed by atoms with Gasteiger partial charge < -0.3 is 30.1 Å². The number of nitrogens with one attached hydrogen (secondary N) is 1. The number of hydrogen-bond acceptors (Lipinski definition) is 6. The third kappa shape index (κ3) is 5.61. The molecule has 30 heavy (non-hydrogen) atoms. The van der Waals surface area contributed by atoms with Crippen LogP contribution < -0.4 is 14.8 Å². The molecule has 156 valence electrons. The molecule has 1 amide bonds. The topological polar surface area (TPSA) is 142 Å². The number of rotatable bonds is 5. The minimum absolute atomic E-state index is 0.182. The molecule has 0 saturated heterocycles. The van der Waals surface area contributed by atoms with Crippen molar-refractivity contribution in [3.8, 4) is 17.2 Å². The molecule has 0 spiro atoms. The number of aliphatic carboxylic acids is 2. The third-order valence-corrected chi connectivity index (χ3v) is 3.88. The summed E-state index contributed by atoms with van der Waals surface area (Å²) in [5.74, 6) is -1.38. The van der Waals surface area contributed by atoms with Gasteiger partial charge in [0.15, 0.2) is 11.5 Å². The van der Waals surface area contributed by atoms with Crippen molar-refractivity contribution in [3.63, 3.8) is 0 Å². The second kappa shape index (κ2) is 9.78. The predicted molar refractivity (Wildman–Crippen MR) is 109 cm³/mol. The Kier molecular flexibility index (Phi) is 7.18. The van der Waals surface area contributed by atoms with E-state index in [4.69, 9.17) is 19.7 Å². The molecule has 2 aromatic carbocycles. The summed E-state index contributed by atoms with van der Waals surface area (Å²) in [5.41, 5.74) is 2.82. The normalized spacial score (nSPS) is 13.3. The van der Waals surface area contributed by atoms with E-state index in [2.05, 4.69) is 5.32 Å². The molecule has 0 bridgehead atoms. The first kappa shape index (κ1) is 22.0. The number of carbonyl (C=O) groups is 3. The highest BCUT2D eigenvalue weighted by Crippen LogP contribution is 2.41. The molecule has 4 N–H and O–H groups in total. The first-order valence-corrected chi connectivity index (χ1v) is 8.47. The Morgan fingerprint density at radius 3 is 1.97 bits per heavy atom. The van der Waals surface area contributed by atoms with Gasteiger partial charge in [0.2, 0.25) is 0 Å². The number of benzene rings is 2. The Balaban J connectivity index is 0.000000343. The molecule has 9 nitrogen and oxygen atoms in total. The van der Waals surface area contributed by atoms with Crippen molar-refractivity contribution in [2.75, 3.05) is 19.5 Å². The van der Waals surface area contributed by atoms with Crippen LogP contribution in [-0.4, -0.2) is 47.4 Å². The molecular weight excluding hydrogens is 394 g/mol. The zero-order valence-corrected chi connectivity index (χ0v) is 16.1. The summed E-state index contributed by atoms with van der Waals surface area (Å²) in [5, 5.41) is 27.8. The number of carboxylic acids is 2. The Morgan fingerprint density at radius 1 is 0.933 bits per heavy atom. The number of fused-ring (bicyclic) bond motifs is 1. The molecule has 0 radical (unpaired) electrons. The summed E-state index contributed by atoms with van der Waals surface area (Å²) in [4.78, 5) is 31.3. The first-order chi connectivity index (χ1) is 14.2. The zero-order chi connectivity index (χ0) is 22.3. The summed E-state index contributed by atoms with van der Waals surface area (Å²) >= 11 is 0. The SMILES string of the molecule is COc1cc2c(cc1OC)/C(=C\c1ccc(O)cc1)C(=O)N2.O=C(O)/C=C/C(=O)O. The molecule has 0 unspecified atom stereocenters. The van der Waals surface area contributed by atoms with E-state index in [9.17, 15) is 19.5 Å². The van der Waals surface area contributed by atoms with Crippen LogP contribution in [0.4, 0.5) is 5.69 Å². The number of hydrogen-bond donors (Lipinski definition) is 4. The van der Waals surface area contributed by atoms with Gasteiger partial charge >= 0.3 is 11.9 Å². The van der Waals surface area contributed by atoms with E-state index < -0.39 is 11.9 Å². The van der Waals surface area contributed by atoms with E-state index in [0.717, 1.165) is 11.1 Å². The maximum atomic E-state index is 12.2. The van der Waals surface area contributed by atoms with Crippen molar-refractivity contribution in [1.29, 1.82) is 0 Å². The number of carbonyl (C=O) groups excluding carboxylic acids is 1. The van der Waals surface area contributed by atoms with E-state index in [1.54, 1.807) is 56.7 Å². The zero-order valence-electron chi connectivity index (χ0n) is 16.1. The van der Waals surface area contributed by atoms with Gasteiger partial charge in [-0.15, -0.1) is 0 Å². The van der Waals surface area contributed by atoms with Crippen LogP contribution in [0, 0.1) is 0 Å². The lowest BCUT2D eigenvalue weighted by atomic mass is 10.0. The second-order valence-corrected chi connectivity index (χ2v) is 5.87. The number of anilines is 1. The fraction of sp³-hybridized carbons (Fsp3) is 0.0952. The van der Waals surface area contributed by atoms with Crippen molar-refractivity contribution in [1.82, 2.24) is 0 Å². The summed E-state index contributed by atoms with van der Waals surface area (Å²) in [7, 11) is 3.10. The first-order valence-electron chi connectivity index (χ1n) is 8.47. The summed E-state index contributed by atoms with van der Waals surface area (Å²) in [6.45, 7) is 0. The standard InChI is InChI=1S/C17H15NO4.C4H4O4/c1-21-15-8-12-13(7-10-3-5-11(19)6-4-10)17(20)18-14(12)9-16(15)22-2;5-3(6)1-2-4(7)8/h3-9,19H,1-2H3,(H,18,20);1-2H,(H,5,6)(H,7,8)/b13-7+;2-1+. The van der Waals surface area contributed by atoms with E-state index in [-0.39, 0.29) is 11.7 Å². The molecule has 3 rings (SSSR count). The monoisotopic (exact) mass is 413 g/mol. The molecule has 1 aliphatic rings. The van der Waals surface area contributed by atoms with Crippen LogP contribution in [0.2, 0.25) is 0 Å². The molecule has 0 atom stereocenters. The van der Waals surface area contributed by atoms with Crippen LogP contribution in [-0.2, 0) is 14.4 Å². The lowest BCUT2D eigenvalue weighted by Crippen LogP contribution is -2.03. The molecule has 0 aromatic heterocycles. The lowest BCUT2D eigenvalue weighted by Gasteiger charge is -2.09. The van der Waals surface area contributed by atoms with Gasteiger partial charge in [0.25, 0.3) is 5.91 Å². The highest BCUT2D eigenvalue weighted by atomic mass is 16.5. The maximum absolute atomic E-state index is 12.2. The quantitative estimate of drug-likeness (QED) is 0.548. The second-order valence-electron chi connectivity index (χ2n) is 5.87. The fourth-order valence-electron chi connectivity index (χ4n) is 2.54. The highest BCUT2D eigenvalue weighted by Gasteiger charge is 2.26. The average molecular weight is 413 g/mol. The van der Waals surface area contributed by atoms with E-state index in [1.165, 1.54) is 0 Å². The summed E-state index contributed by atoms with van der Waals surface area (Å²) in [6, 6.07) is 10.2. The Hall–Kier alpha value is -4.27. The number of carboxylic acid groups (broad SMARTS) is 2. The number of phenols is 1. The average Bonchev–Trinajstić information content (AvgIpc) is 3.01. The maximum Gasteiger partial charge on any atom is 0.328 e. The van der Waals surface area contributed by atoms with Gasteiger partial charge in [0.1, 0.15) is 5.75 Å². The van der Waals surface area contributed by atoms with Crippen molar-refractivity contribution in [2.24, 2.45) is 0 Å². The molecule has 0 fully saturated rings. The number of methoxy groups -OCH3 is 2.